The third-order valence-electron chi connectivity index (χ3n) is 2.72. The molecular weight excluding hydrogens is 190 g/mol. The van der Waals surface area contributed by atoms with E-state index in [1.54, 1.807) is 7.11 Å². The van der Waals surface area contributed by atoms with Gasteiger partial charge in [-0.05, 0) is 18.9 Å². The molecule has 2 unspecified atom stereocenters. The molecule has 0 aromatic rings. The van der Waals surface area contributed by atoms with E-state index in [2.05, 4.69) is 26.1 Å². The molecule has 0 radical (unpaired) electrons. The second kappa shape index (κ2) is 10.4. The Hall–Kier alpha value is -0.120. The molecule has 92 valence electrons. The van der Waals surface area contributed by atoms with Gasteiger partial charge in [0.1, 0.15) is 0 Å². The second-order valence-electron chi connectivity index (χ2n) is 4.01. The molecule has 0 heterocycles. The van der Waals surface area contributed by atoms with Crippen molar-refractivity contribution >= 4 is 0 Å². The Kier molecular flexibility index (Phi) is 10.3. The fraction of sp³-hybridized carbons (Fsp3) is 1.00. The van der Waals surface area contributed by atoms with E-state index < -0.39 is 0 Å². The second-order valence-corrected chi connectivity index (χ2v) is 4.01. The van der Waals surface area contributed by atoms with Crippen LogP contribution < -0.4 is 5.32 Å². The van der Waals surface area contributed by atoms with Crippen LogP contribution in [0.1, 0.15) is 33.6 Å². The van der Waals surface area contributed by atoms with Gasteiger partial charge in [-0.25, -0.2) is 0 Å². The van der Waals surface area contributed by atoms with Crippen LogP contribution in [0.4, 0.5) is 0 Å². The molecule has 3 nitrogen and oxygen atoms in total. The summed E-state index contributed by atoms with van der Waals surface area (Å²) < 4.78 is 10.5. The largest absolute Gasteiger partial charge is 0.382 e. The maximum Gasteiger partial charge on any atom is 0.0701 e. The zero-order valence-electron chi connectivity index (χ0n) is 10.7. The van der Waals surface area contributed by atoms with Gasteiger partial charge in [0.15, 0.2) is 0 Å². The zero-order chi connectivity index (χ0) is 11.5. The van der Waals surface area contributed by atoms with Gasteiger partial charge >= 0.3 is 0 Å². The first-order chi connectivity index (χ1) is 7.26. The molecule has 0 aliphatic carbocycles. The summed E-state index contributed by atoms with van der Waals surface area (Å²) in [6.07, 6.45) is 2.36. The van der Waals surface area contributed by atoms with Gasteiger partial charge in [-0.2, -0.15) is 0 Å². The maximum atomic E-state index is 5.57. The van der Waals surface area contributed by atoms with Crippen LogP contribution in [0.15, 0.2) is 0 Å². The molecule has 0 amide bonds. The lowest BCUT2D eigenvalue weighted by molar-refractivity contribution is 0.0501. The predicted molar refractivity (Wildman–Crippen MR) is 64.2 cm³/mol. The molecule has 15 heavy (non-hydrogen) atoms. The zero-order valence-corrected chi connectivity index (χ0v) is 10.7. The van der Waals surface area contributed by atoms with Crippen molar-refractivity contribution in [3.05, 3.63) is 0 Å². The Balaban J connectivity index is 3.69. The van der Waals surface area contributed by atoms with Gasteiger partial charge in [0.05, 0.1) is 19.8 Å². The first-order valence-electron chi connectivity index (χ1n) is 6.06. The number of hydrogen-bond acceptors (Lipinski definition) is 3. The maximum absolute atomic E-state index is 5.57. The number of ether oxygens (including phenoxy) is 2. The van der Waals surface area contributed by atoms with Crippen LogP contribution >= 0.6 is 0 Å². The Labute approximate surface area is 94.5 Å². The van der Waals surface area contributed by atoms with E-state index >= 15 is 0 Å². The third-order valence-corrected chi connectivity index (χ3v) is 2.72. The lowest BCUT2D eigenvalue weighted by atomic mass is 10.00. The lowest BCUT2D eigenvalue weighted by Crippen LogP contribution is -2.39. The Morgan fingerprint density at radius 3 is 2.47 bits per heavy atom. The molecule has 0 fully saturated rings. The van der Waals surface area contributed by atoms with E-state index in [9.17, 15) is 0 Å². The minimum Gasteiger partial charge on any atom is -0.382 e. The predicted octanol–water partition coefficient (Wildman–Crippen LogP) is 2.06. The molecule has 0 rings (SSSR count). The quantitative estimate of drug-likeness (QED) is 0.568. The SMILES string of the molecule is CCCNC(COCCOC)C(C)CC. The lowest BCUT2D eigenvalue weighted by Gasteiger charge is -2.24. The molecular formula is C12H27NO2. The van der Waals surface area contributed by atoms with Crippen molar-refractivity contribution in [1.29, 1.82) is 0 Å². The fourth-order valence-corrected chi connectivity index (χ4v) is 1.39. The Morgan fingerprint density at radius 1 is 1.20 bits per heavy atom. The van der Waals surface area contributed by atoms with Gasteiger partial charge in [0, 0.05) is 13.2 Å². The molecule has 3 heteroatoms. The minimum atomic E-state index is 0.479. The van der Waals surface area contributed by atoms with Crippen molar-refractivity contribution in [1.82, 2.24) is 5.32 Å². The van der Waals surface area contributed by atoms with Crippen LogP contribution in [-0.4, -0.2) is 39.5 Å². The molecule has 0 bridgehead atoms. The highest BCUT2D eigenvalue weighted by atomic mass is 16.5. The molecule has 0 saturated carbocycles. The average Bonchev–Trinajstić information content (AvgIpc) is 2.27. The van der Waals surface area contributed by atoms with Crippen LogP contribution in [0.25, 0.3) is 0 Å². The minimum absolute atomic E-state index is 0.479. The van der Waals surface area contributed by atoms with Crippen molar-refractivity contribution in [2.24, 2.45) is 5.92 Å². The standard InChI is InChI=1S/C12H27NO2/c1-5-7-13-12(11(3)6-2)10-15-9-8-14-4/h11-13H,5-10H2,1-4H3. The van der Waals surface area contributed by atoms with E-state index in [-0.39, 0.29) is 0 Å². The molecule has 0 aromatic heterocycles. The smallest absolute Gasteiger partial charge is 0.0701 e. The van der Waals surface area contributed by atoms with Gasteiger partial charge in [0.2, 0.25) is 0 Å². The summed E-state index contributed by atoms with van der Waals surface area (Å²) in [5.41, 5.74) is 0. The molecule has 0 aliphatic rings. The van der Waals surface area contributed by atoms with Crippen molar-refractivity contribution in [2.45, 2.75) is 39.7 Å². The van der Waals surface area contributed by atoms with Crippen molar-refractivity contribution in [3.63, 3.8) is 0 Å². The van der Waals surface area contributed by atoms with Crippen molar-refractivity contribution < 1.29 is 9.47 Å². The molecule has 0 saturated heterocycles. The monoisotopic (exact) mass is 217 g/mol. The van der Waals surface area contributed by atoms with Crippen LogP contribution in [0.3, 0.4) is 0 Å². The van der Waals surface area contributed by atoms with Gasteiger partial charge in [0.25, 0.3) is 0 Å². The van der Waals surface area contributed by atoms with Crippen LogP contribution in [0, 0.1) is 5.92 Å². The molecule has 2 atom stereocenters. The Bertz CT molecular complexity index is 131. The summed E-state index contributed by atoms with van der Waals surface area (Å²) in [4.78, 5) is 0. The van der Waals surface area contributed by atoms with Crippen LogP contribution in [-0.2, 0) is 9.47 Å². The third kappa shape index (κ3) is 7.77. The molecule has 0 aliphatic heterocycles. The summed E-state index contributed by atoms with van der Waals surface area (Å²) in [6, 6.07) is 0.479. The highest BCUT2D eigenvalue weighted by Crippen LogP contribution is 2.08. The van der Waals surface area contributed by atoms with E-state index in [0.29, 0.717) is 25.2 Å². The van der Waals surface area contributed by atoms with Gasteiger partial charge < -0.3 is 14.8 Å². The van der Waals surface area contributed by atoms with Crippen molar-refractivity contribution in [3.8, 4) is 0 Å². The van der Waals surface area contributed by atoms with Crippen LogP contribution in [0.2, 0.25) is 0 Å². The Morgan fingerprint density at radius 2 is 1.93 bits per heavy atom. The molecule has 1 N–H and O–H groups in total. The van der Waals surface area contributed by atoms with E-state index in [1.165, 1.54) is 12.8 Å². The summed E-state index contributed by atoms with van der Waals surface area (Å²) in [6.45, 7) is 9.92. The summed E-state index contributed by atoms with van der Waals surface area (Å²) >= 11 is 0. The fourth-order valence-electron chi connectivity index (χ4n) is 1.39. The topological polar surface area (TPSA) is 30.5 Å². The normalized spacial score (nSPS) is 15.2. The van der Waals surface area contributed by atoms with E-state index in [1.807, 2.05) is 0 Å². The first kappa shape index (κ1) is 14.9. The number of rotatable bonds is 10. The summed E-state index contributed by atoms with van der Waals surface area (Å²) in [5, 5.41) is 3.53. The summed E-state index contributed by atoms with van der Waals surface area (Å²) in [7, 11) is 1.70. The first-order valence-corrected chi connectivity index (χ1v) is 6.06. The van der Waals surface area contributed by atoms with Gasteiger partial charge in [-0.3, -0.25) is 0 Å². The van der Waals surface area contributed by atoms with Crippen molar-refractivity contribution in [2.75, 3.05) is 33.5 Å². The number of hydrogen-bond donors (Lipinski definition) is 1. The number of methoxy groups -OCH3 is 1. The van der Waals surface area contributed by atoms with Gasteiger partial charge in [-0.1, -0.05) is 27.2 Å². The van der Waals surface area contributed by atoms with E-state index in [0.717, 1.165) is 13.2 Å². The van der Waals surface area contributed by atoms with E-state index in [4.69, 9.17) is 9.47 Å². The van der Waals surface area contributed by atoms with Crippen LogP contribution in [0.5, 0.6) is 0 Å². The highest BCUT2D eigenvalue weighted by Gasteiger charge is 2.14. The highest BCUT2D eigenvalue weighted by molar-refractivity contribution is 4.71. The van der Waals surface area contributed by atoms with Gasteiger partial charge in [-0.15, -0.1) is 0 Å². The molecule has 0 aromatic carbocycles. The summed E-state index contributed by atoms with van der Waals surface area (Å²) in [5.74, 6) is 0.666. The number of nitrogens with one attached hydrogen (secondary N) is 1. The molecule has 0 spiro atoms. The average molecular weight is 217 g/mol.